The van der Waals surface area contributed by atoms with E-state index in [0.29, 0.717) is 10.9 Å². The van der Waals surface area contributed by atoms with E-state index in [2.05, 4.69) is 32.0 Å². The van der Waals surface area contributed by atoms with Crippen LogP contribution >= 0.6 is 11.8 Å². The zero-order valence-corrected chi connectivity index (χ0v) is 13.2. The number of ether oxygens (including phenoxy) is 1. The average Bonchev–Trinajstić information content (AvgIpc) is 3.05. The second-order valence-electron chi connectivity index (χ2n) is 6.78. The molecule has 3 aliphatic rings. The highest BCUT2D eigenvalue weighted by molar-refractivity contribution is 8.01. The van der Waals surface area contributed by atoms with Crippen LogP contribution in [0.2, 0.25) is 0 Å². The van der Waals surface area contributed by atoms with Gasteiger partial charge in [-0.1, -0.05) is 0 Å². The van der Waals surface area contributed by atoms with Gasteiger partial charge in [-0.05, 0) is 37.3 Å². The number of aromatic nitrogens is 4. The molecule has 1 aliphatic carbocycles. The highest BCUT2D eigenvalue weighted by atomic mass is 32.2. The van der Waals surface area contributed by atoms with E-state index in [9.17, 15) is 0 Å². The zero-order chi connectivity index (χ0) is 14.6. The van der Waals surface area contributed by atoms with Gasteiger partial charge in [0.05, 0.1) is 10.9 Å². The largest absolute Gasteiger partial charge is 0.377 e. The van der Waals surface area contributed by atoms with Crippen molar-refractivity contribution in [1.29, 1.82) is 0 Å². The lowest BCUT2D eigenvalue weighted by Crippen LogP contribution is -2.59. The zero-order valence-electron chi connectivity index (χ0n) is 12.4. The molecule has 2 saturated heterocycles. The number of rotatable bonds is 4. The SMILES string of the molecule is c1cc2nncn2nc1N1CC2(C[C@H](OCC3CC3)CS2)C1. The fourth-order valence-corrected chi connectivity index (χ4v) is 4.94. The van der Waals surface area contributed by atoms with Crippen molar-refractivity contribution in [2.75, 3.05) is 30.3 Å². The Morgan fingerprint density at radius 1 is 1.32 bits per heavy atom. The van der Waals surface area contributed by atoms with Crippen LogP contribution < -0.4 is 4.90 Å². The van der Waals surface area contributed by atoms with Gasteiger partial charge >= 0.3 is 0 Å². The second kappa shape index (κ2) is 4.83. The Hall–Kier alpha value is -1.34. The molecular weight excluding hydrogens is 298 g/mol. The third-order valence-electron chi connectivity index (χ3n) is 4.87. The van der Waals surface area contributed by atoms with Gasteiger partial charge in [-0.25, -0.2) is 0 Å². The molecule has 1 saturated carbocycles. The maximum absolute atomic E-state index is 6.07. The van der Waals surface area contributed by atoms with Crippen molar-refractivity contribution in [3.8, 4) is 0 Å². The number of hydrogen-bond acceptors (Lipinski definition) is 6. The van der Waals surface area contributed by atoms with Gasteiger partial charge in [-0.3, -0.25) is 0 Å². The third kappa shape index (κ3) is 2.27. The van der Waals surface area contributed by atoms with Gasteiger partial charge in [0, 0.05) is 25.4 Å². The minimum Gasteiger partial charge on any atom is -0.377 e. The highest BCUT2D eigenvalue weighted by Crippen LogP contribution is 2.47. The Labute approximate surface area is 133 Å². The number of anilines is 1. The summed E-state index contributed by atoms with van der Waals surface area (Å²) in [6, 6.07) is 4.02. The Balaban J connectivity index is 1.22. The highest BCUT2D eigenvalue weighted by Gasteiger charge is 2.50. The van der Waals surface area contributed by atoms with E-state index in [1.807, 2.05) is 12.1 Å². The molecule has 2 aromatic rings. The molecule has 5 rings (SSSR count). The molecule has 0 aromatic carbocycles. The lowest BCUT2D eigenvalue weighted by Gasteiger charge is -2.48. The van der Waals surface area contributed by atoms with Gasteiger partial charge in [0.25, 0.3) is 0 Å². The van der Waals surface area contributed by atoms with Gasteiger partial charge in [-0.2, -0.15) is 4.52 Å². The van der Waals surface area contributed by atoms with Crippen LogP contribution in [0.4, 0.5) is 5.82 Å². The lowest BCUT2D eigenvalue weighted by molar-refractivity contribution is 0.0529. The van der Waals surface area contributed by atoms with Gasteiger partial charge < -0.3 is 9.64 Å². The van der Waals surface area contributed by atoms with E-state index >= 15 is 0 Å². The first-order valence-corrected chi connectivity index (χ1v) is 8.96. The van der Waals surface area contributed by atoms with Gasteiger partial charge in [-0.15, -0.1) is 27.1 Å². The van der Waals surface area contributed by atoms with E-state index in [-0.39, 0.29) is 0 Å². The fourth-order valence-electron chi connectivity index (χ4n) is 3.39. The van der Waals surface area contributed by atoms with Gasteiger partial charge in [0.1, 0.15) is 12.1 Å². The molecule has 2 aliphatic heterocycles. The summed E-state index contributed by atoms with van der Waals surface area (Å²) >= 11 is 2.09. The molecule has 1 atom stereocenters. The molecule has 3 fully saturated rings. The van der Waals surface area contributed by atoms with Crippen molar-refractivity contribution in [3.63, 3.8) is 0 Å². The van der Waals surface area contributed by atoms with Gasteiger partial charge in [0.15, 0.2) is 5.65 Å². The van der Waals surface area contributed by atoms with Crippen molar-refractivity contribution >= 4 is 23.2 Å². The summed E-state index contributed by atoms with van der Waals surface area (Å²) in [5.74, 6) is 3.03. The molecule has 0 amide bonds. The molecule has 0 bridgehead atoms. The van der Waals surface area contributed by atoms with Crippen molar-refractivity contribution in [3.05, 3.63) is 18.5 Å². The topological polar surface area (TPSA) is 55.5 Å². The Kier molecular flexibility index (Phi) is 2.88. The van der Waals surface area contributed by atoms with Crippen LogP contribution in [-0.2, 0) is 4.74 Å². The standard InChI is InChI=1S/C15H19N5OS/c1-2-11(1)6-21-12-5-15(22-7-12)8-19(9-15)14-4-3-13-17-16-10-20(13)18-14/h3-4,10-12H,1-2,5-9H2/t12-/m0/s1. The predicted octanol–water partition coefficient (Wildman–Crippen LogP) is 1.62. The maximum atomic E-state index is 6.07. The van der Waals surface area contributed by atoms with Crippen LogP contribution in [-0.4, -0.2) is 56.1 Å². The first-order chi connectivity index (χ1) is 10.8. The minimum atomic E-state index is 0.387. The van der Waals surface area contributed by atoms with Gasteiger partial charge in [0.2, 0.25) is 0 Å². The van der Waals surface area contributed by atoms with Crippen molar-refractivity contribution in [1.82, 2.24) is 19.8 Å². The number of fused-ring (bicyclic) bond motifs is 1. The summed E-state index contributed by atoms with van der Waals surface area (Å²) in [5.41, 5.74) is 0.794. The van der Waals surface area contributed by atoms with Crippen molar-refractivity contribution in [2.24, 2.45) is 5.92 Å². The van der Waals surface area contributed by atoms with Crippen molar-refractivity contribution < 1.29 is 4.74 Å². The summed E-state index contributed by atoms with van der Waals surface area (Å²) < 4.78 is 8.20. The second-order valence-corrected chi connectivity index (χ2v) is 8.27. The predicted molar refractivity (Wildman–Crippen MR) is 85.3 cm³/mol. The van der Waals surface area contributed by atoms with E-state index < -0.39 is 0 Å². The Bertz CT molecular complexity index is 694. The van der Waals surface area contributed by atoms with E-state index in [0.717, 1.165) is 42.8 Å². The Morgan fingerprint density at radius 3 is 3.09 bits per heavy atom. The normalized spacial score (nSPS) is 26.7. The summed E-state index contributed by atoms with van der Waals surface area (Å²) in [5, 5.41) is 12.4. The summed E-state index contributed by atoms with van der Waals surface area (Å²) in [6.45, 7) is 3.13. The number of hydrogen-bond donors (Lipinski definition) is 0. The molecule has 116 valence electrons. The summed E-state index contributed by atoms with van der Waals surface area (Å²) in [4.78, 5) is 2.34. The molecule has 4 heterocycles. The number of nitrogens with zero attached hydrogens (tertiary/aromatic N) is 5. The molecule has 1 spiro atoms. The van der Waals surface area contributed by atoms with Crippen LogP contribution in [0.15, 0.2) is 18.5 Å². The first-order valence-electron chi connectivity index (χ1n) is 7.97. The number of thioether (sulfide) groups is 1. The fraction of sp³-hybridized carbons (Fsp3) is 0.667. The first kappa shape index (κ1) is 13.1. The molecule has 2 aromatic heterocycles. The van der Waals surface area contributed by atoms with Crippen LogP contribution in [0.25, 0.3) is 5.65 Å². The molecule has 0 N–H and O–H groups in total. The molecular formula is C15H19N5OS. The van der Waals surface area contributed by atoms with Crippen LogP contribution in [0.3, 0.4) is 0 Å². The quantitative estimate of drug-likeness (QED) is 0.854. The Morgan fingerprint density at radius 2 is 2.23 bits per heavy atom. The average molecular weight is 317 g/mol. The van der Waals surface area contributed by atoms with Crippen LogP contribution in [0.5, 0.6) is 0 Å². The molecule has 7 heteroatoms. The molecule has 0 unspecified atom stereocenters. The molecule has 6 nitrogen and oxygen atoms in total. The van der Waals surface area contributed by atoms with Crippen molar-refractivity contribution in [2.45, 2.75) is 30.1 Å². The minimum absolute atomic E-state index is 0.387. The summed E-state index contributed by atoms with van der Waals surface area (Å²) in [7, 11) is 0. The van der Waals surface area contributed by atoms with E-state index in [4.69, 9.17) is 4.74 Å². The monoisotopic (exact) mass is 317 g/mol. The molecule has 22 heavy (non-hydrogen) atoms. The van der Waals surface area contributed by atoms with Crippen LogP contribution in [0, 0.1) is 5.92 Å². The third-order valence-corrected chi connectivity index (χ3v) is 6.44. The maximum Gasteiger partial charge on any atom is 0.177 e. The lowest BCUT2D eigenvalue weighted by atomic mass is 9.93. The molecule has 0 radical (unpaired) electrons. The summed E-state index contributed by atoms with van der Waals surface area (Å²) in [6.07, 6.45) is 6.04. The van der Waals surface area contributed by atoms with Crippen LogP contribution in [0.1, 0.15) is 19.3 Å². The van der Waals surface area contributed by atoms with E-state index in [1.54, 1.807) is 10.8 Å². The smallest absolute Gasteiger partial charge is 0.177 e. The van der Waals surface area contributed by atoms with E-state index in [1.165, 1.54) is 19.3 Å².